The van der Waals surface area contributed by atoms with Crippen molar-refractivity contribution < 1.29 is 14.4 Å². The van der Waals surface area contributed by atoms with Gasteiger partial charge in [0.25, 0.3) is 5.91 Å². The predicted octanol–water partition coefficient (Wildman–Crippen LogP) is 1.41. The number of rotatable bonds is 3. The summed E-state index contributed by atoms with van der Waals surface area (Å²) in [5.41, 5.74) is 3.82. The largest absolute Gasteiger partial charge is 0.322 e. The Morgan fingerprint density at radius 3 is 2.48 bits per heavy atom. The van der Waals surface area contributed by atoms with Gasteiger partial charge in [0.05, 0.1) is 0 Å². The number of carbonyl (C=O) groups is 3. The van der Waals surface area contributed by atoms with Gasteiger partial charge in [0, 0.05) is 62.1 Å². The molecule has 1 aromatic carbocycles. The lowest BCUT2D eigenvalue weighted by Crippen LogP contribution is -2.52. The van der Waals surface area contributed by atoms with Gasteiger partial charge in [-0.1, -0.05) is 25.0 Å². The molecule has 1 aliphatic carbocycles. The third-order valence-corrected chi connectivity index (χ3v) is 8.74. The Labute approximate surface area is 182 Å². The third-order valence-electron chi connectivity index (χ3n) is 8.74. The van der Waals surface area contributed by atoms with Crippen LogP contribution in [0.15, 0.2) is 18.2 Å². The highest BCUT2D eigenvalue weighted by atomic mass is 16.2. The van der Waals surface area contributed by atoms with Crippen LogP contribution in [0.25, 0.3) is 0 Å². The van der Waals surface area contributed by atoms with Crippen LogP contribution in [-0.4, -0.2) is 59.7 Å². The van der Waals surface area contributed by atoms with Crippen molar-refractivity contribution in [2.45, 2.75) is 57.7 Å². The molecule has 4 aliphatic heterocycles. The Balaban J connectivity index is 1.24. The van der Waals surface area contributed by atoms with Crippen LogP contribution in [0.2, 0.25) is 0 Å². The Morgan fingerprint density at radius 2 is 1.77 bits per heavy atom. The molecule has 0 aromatic heterocycles. The second kappa shape index (κ2) is 6.87. The lowest BCUT2D eigenvalue weighted by atomic mass is 9.60. The summed E-state index contributed by atoms with van der Waals surface area (Å²) in [6, 6.07) is 5.45. The first-order valence-corrected chi connectivity index (χ1v) is 11.7. The molecule has 4 heterocycles. The van der Waals surface area contributed by atoms with Crippen molar-refractivity contribution in [2.24, 2.45) is 10.8 Å². The van der Waals surface area contributed by atoms with Crippen LogP contribution in [0, 0.1) is 10.8 Å². The topological polar surface area (TPSA) is 81.8 Å². The van der Waals surface area contributed by atoms with Crippen LogP contribution in [0.5, 0.6) is 0 Å². The summed E-state index contributed by atoms with van der Waals surface area (Å²) in [7, 11) is 0. The second-order valence-corrected chi connectivity index (χ2v) is 10.4. The number of benzene rings is 1. The van der Waals surface area contributed by atoms with Gasteiger partial charge in [-0.2, -0.15) is 0 Å². The van der Waals surface area contributed by atoms with Crippen molar-refractivity contribution in [1.29, 1.82) is 0 Å². The predicted molar refractivity (Wildman–Crippen MR) is 114 cm³/mol. The molecule has 2 N–H and O–H groups in total. The quantitative estimate of drug-likeness (QED) is 0.720. The van der Waals surface area contributed by atoms with Crippen LogP contribution in [0.1, 0.15) is 60.0 Å². The Morgan fingerprint density at radius 1 is 1.03 bits per heavy atom. The Hall–Kier alpha value is -2.25. The molecule has 5 aliphatic rings. The van der Waals surface area contributed by atoms with E-state index in [1.54, 1.807) is 4.90 Å². The Kier molecular flexibility index (Phi) is 4.31. The van der Waals surface area contributed by atoms with Crippen LogP contribution >= 0.6 is 0 Å². The van der Waals surface area contributed by atoms with E-state index in [0.717, 1.165) is 43.9 Å². The molecule has 1 saturated carbocycles. The summed E-state index contributed by atoms with van der Waals surface area (Å²) in [6.07, 6.45) is 6.02. The van der Waals surface area contributed by atoms with Crippen molar-refractivity contribution in [3.05, 3.63) is 34.9 Å². The van der Waals surface area contributed by atoms with Gasteiger partial charge in [-0.05, 0) is 36.5 Å². The monoisotopic (exact) mass is 422 g/mol. The number of fused-ring (bicyclic) bond motifs is 1. The van der Waals surface area contributed by atoms with E-state index >= 15 is 0 Å². The number of piperidine rings is 1. The molecular formula is C24H30N4O3. The summed E-state index contributed by atoms with van der Waals surface area (Å²) in [4.78, 5) is 41.3. The number of nitrogens with zero attached hydrogens (tertiary/aromatic N) is 2. The Bertz CT molecular complexity index is 956. The first-order valence-electron chi connectivity index (χ1n) is 11.7. The molecule has 7 nitrogen and oxygen atoms in total. The van der Waals surface area contributed by atoms with E-state index in [4.69, 9.17) is 0 Å². The molecule has 3 amide bonds. The highest BCUT2D eigenvalue weighted by molar-refractivity contribution is 6.05. The van der Waals surface area contributed by atoms with Gasteiger partial charge in [-0.25, -0.2) is 0 Å². The van der Waals surface area contributed by atoms with Gasteiger partial charge in [0.2, 0.25) is 11.8 Å². The summed E-state index contributed by atoms with van der Waals surface area (Å²) < 4.78 is 0. The molecule has 3 unspecified atom stereocenters. The number of amides is 3. The van der Waals surface area contributed by atoms with Gasteiger partial charge >= 0.3 is 0 Å². The van der Waals surface area contributed by atoms with Gasteiger partial charge in [-0.3, -0.25) is 24.6 Å². The summed E-state index contributed by atoms with van der Waals surface area (Å²) in [5.74, 6) is -0.679. The van der Waals surface area contributed by atoms with E-state index in [0.29, 0.717) is 23.8 Å². The number of hydrogen-bond acceptors (Lipinski definition) is 5. The molecular weight excluding hydrogens is 392 g/mol. The van der Waals surface area contributed by atoms with E-state index in [9.17, 15) is 14.4 Å². The molecule has 1 aromatic rings. The highest BCUT2D eigenvalue weighted by Gasteiger charge is 2.60. The fraction of sp³-hybridized carbons (Fsp3) is 0.625. The number of carbonyl (C=O) groups excluding carboxylic acids is 3. The normalized spacial score (nSPS) is 35.2. The minimum Gasteiger partial charge on any atom is -0.322 e. The van der Waals surface area contributed by atoms with Crippen LogP contribution in [0.3, 0.4) is 0 Å². The van der Waals surface area contributed by atoms with Gasteiger partial charge < -0.3 is 10.2 Å². The first-order chi connectivity index (χ1) is 15.0. The van der Waals surface area contributed by atoms with Crippen molar-refractivity contribution in [1.82, 2.24) is 20.4 Å². The fourth-order valence-corrected chi connectivity index (χ4v) is 7.22. The maximum absolute atomic E-state index is 13.1. The lowest BCUT2D eigenvalue weighted by molar-refractivity contribution is -0.136. The summed E-state index contributed by atoms with van der Waals surface area (Å²) >= 11 is 0. The zero-order chi connectivity index (χ0) is 21.2. The molecule has 0 spiro atoms. The second-order valence-electron chi connectivity index (χ2n) is 10.4. The van der Waals surface area contributed by atoms with E-state index in [1.807, 2.05) is 12.1 Å². The summed E-state index contributed by atoms with van der Waals surface area (Å²) in [6.45, 7) is 5.87. The van der Waals surface area contributed by atoms with Crippen molar-refractivity contribution in [3.63, 3.8) is 0 Å². The van der Waals surface area contributed by atoms with Crippen LogP contribution in [0.4, 0.5) is 0 Å². The van der Waals surface area contributed by atoms with Crippen LogP contribution in [-0.2, 0) is 22.7 Å². The standard InChI is InChI=1S/C24H30N4O3/c29-20-7-6-19(21(30)26-20)28-11-18-16(4-3-5-17(18)22(28)31)10-27-14-23-8-1-2-9-24(23,15-27)13-25-12-23/h3-5,19,25H,1-2,6-15H2,(H,26,29,30). The van der Waals surface area contributed by atoms with Gasteiger partial charge in [0.1, 0.15) is 6.04 Å². The summed E-state index contributed by atoms with van der Waals surface area (Å²) in [5, 5.41) is 6.08. The molecule has 4 fully saturated rings. The SMILES string of the molecule is O=C1CCC(N2Cc3c(CN4CC56CCCCC5(CNC6)C4)cccc3C2=O)C(=O)N1. The van der Waals surface area contributed by atoms with Crippen molar-refractivity contribution in [3.8, 4) is 0 Å². The molecule has 31 heavy (non-hydrogen) atoms. The molecule has 3 saturated heterocycles. The smallest absolute Gasteiger partial charge is 0.255 e. The molecule has 7 heteroatoms. The highest BCUT2D eigenvalue weighted by Crippen LogP contribution is 2.57. The van der Waals surface area contributed by atoms with E-state index in [2.05, 4.69) is 21.6 Å². The average Bonchev–Trinajstić information content (AvgIpc) is 3.37. The maximum atomic E-state index is 13.1. The minimum atomic E-state index is -0.552. The van der Waals surface area contributed by atoms with Gasteiger partial charge in [0.15, 0.2) is 0 Å². The number of imide groups is 1. The number of likely N-dealkylation sites (tertiary alicyclic amines) is 1. The minimum absolute atomic E-state index is 0.0836. The van der Waals surface area contributed by atoms with E-state index in [-0.39, 0.29) is 24.1 Å². The molecule has 6 rings (SSSR count). The molecule has 0 bridgehead atoms. The van der Waals surface area contributed by atoms with Crippen LogP contribution < -0.4 is 10.6 Å². The molecule has 164 valence electrons. The van der Waals surface area contributed by atoms with E-state index in [1.165, 1.54) is 31.2 Å². The average molecular weight is 423 g/mol. The van der Waals surface area contributed by atoms with Crippen molar-refractivity contribution in [2.75, 3.05) is 26.2 Å². The maximum Gasteiger partial charge on any atom is 0.255 e. The number of hydrogen-bond donors (Lipinski definition) is 2. The van der Waals surface area contributed by atoms with Crippen molar-refractivity contribution >= 4 is 17.7 Å². The zero-order valence-electron chi connectivity index (χ0n) is 17.9. The van der Waals surface area contributed by atoms with E-state index < -0.39 is 6.04 Å². The lowest BCUT2D eigenvalue weighted by Gasteiger charge is -2.42. The first kappa shape index (κ1) is 19.4. The molecule has 0 radical (unpaired) electrons. The third kappa shape index (κ3) is 2.82. The fourth-order valence-electron chi connectivity index (χ4n) is 7.22. The van der Waals surface area contributed by atoms with Gasteiger partial charge in [-0.15, -0.1) is 0 Å². The zero-order valence-corrected chi connectivity index (χ0v) is 17.9. The molecule has 3 atom stereocenters. The number of nitrogens with one attached hydrogen (secondary N) is 2.